The summed E-state index contributed by atoms with van der Waals surface area (Å²) in [6.45, 7) is 1.05. The van der Waals surface area contributed by atoms with Gasteiger partial charge in [-0.05, 0) is 22.6 Å². The van der Waals surface area contributed by atoms with Gasteiger partial charge in [0.1, 0.15) is 0 Å². The maximum absolute atomic E-state index is 13.4. The van der Waals surface area contributed by atoms with Gasteiger partial charge in [-0.2, -0.15) is 17.6 Å². The normalized spacial score (nSPS) is 13.4. The summed E-state index contributed by atoms with van der Waals surface area (Å²) in [6, 6.07) is 11.9. The van der Waals surface area contributed by atoms with Crippen LogP contribution in [0.3, 0.4) is 0 Å². The van der Waals surface area contributed by atoms with Gasteiger partial charge in [-0.15, -0.1) is 0 Å². The summed E-state index contributed by atoms with van der Waals surface area (Å²) in [7, 11) is 0. The number of hydrogen-bond donors (Lipinski definition) is 4. The number of pyridine rings is 1. The Kier molecular flexibility index (Phi) is 9.14. The van der Waals surface area contributed by atoms with Crippen molar-refractivity contribution in [3.8, 4) is 10.4 Å². The quantitative estimate of drug-likeness (QED) is 0.165. The Morgan fingerprint density at radius 2 is 1.67 bits per heavy atom. The standard InChI is InChI=1S/C23H21F3N4OS.C2HF3O2/c1-23(25,26)17-6-4-13(5-7-17)21(31)18(27)11-29-22-30-12-19(32-22)14-2-3-15-10-28-20(24)9-16(15)8-14;3-2(4,5)1(6)7/h2-10,12,18,21,31H,11,27H2,1H3,(H,29,30);(H,6,7)/t18-,21+;/m1./s1. The molecule has 0 spiro atoms. The molecule has 5 N–H and O–H groups in total. The molecule has 0 aliphatic heterocycles. The number of nitrogens with zero attached hydrogens (tertiary/aromatic N) is 2. The van der Waals surface area contributed by atoms with Crippen molar-refractivity contribution in [1.82, 2.24) is 9.97 Å². The van der Waals surface area contributed by atoms with Crippen LogP contribution in [0.4, 0.5) is 31.5 Å². The first kappa shape index (κ1) is 29.8. The number of aromatic nitrogens is 2. The average Bonchev–Trinajstić information content (AvgIpc) is 3.35. The van der Waals surface area contributed by atoms with E-state index in [-0.39, 0.29) is 12.1 Å². The number of alkyl halides is 5. The Hall–Kier alpha value is -3.75. The molecule has 0 unspecified atom stereocenters. The number of aliphatic carboxylic acids is 1. The number of carbonyl (C=O) groups is 1. The van der Waals surface area contributed by atoms with Gasteiger partial charge in [0.15, 0.2) is 5.13 Å². The van der Waals surface area contributed by atoms with E-state index in [4.69, 9.17) is 15.6 Å². The van der Waals surface area contributed by atoms with E-state index in [0.29, 0.717) is 10.7 Å². The van der Waals surface area contributed by atoms with Gasteiger partial charge in [0.2, 0.25) is 5.95 Å². The number of carboxylic acid groups (broad SMARTS) is 1. The highest BCUT2D eigenvalue weighted by Gasteiger charge is 2.38. The molecule has 0 radical (unpaired) electrons. The molecule has 0 saturated carbocycles. The number of halogens is 6. The first-order chi connectivity index (χ1) is 18.1. The Labute approximate surface area is 222 Å². The van der Waals surface area contributed by atoms with Crippen LogP contribution >= 0.6 is 11.3 Å². The van der Waals surface area contributed by atoms with Crippen LogP contribution in [-0.2, 0) is 10.7 Å². The lowest BCUT2D eigenvalue weighted by molar-refractivity contribution is -0.192. The fraction of sp³-hybridized carbons (Fsp3) is 0.240. The van der Waals surface area contributed by atoms with Crippen molar-refractivity contribution in [2.75, 3.05) is 11.9 Å². The predicted octanol–water partition coefficient (Wildman–Crippen LogP) is 5.72. The van der Waals surface area contributed by atoms with Crippen molar-refractivity contribution in [2.45, 2.75) is 31.2 Å². The van der Waals surface area contributed by atoms with Gasteiger partial charge >= 0.3 is 12.1 Å². The molecule has 0 bridgehead atoms. The van der Waals surface area contributed by atoms with Gasteiger partial charge < -0.3 is 21.3 Å². The van der Waals surface area contributed by atoms with E-state index in [2.05, 4.69) is 15.3 Å². The SMILES string of the molecule is CC(F)(F)c1ccc([C@H](O)[C@H](N)CNc2ncc(-c3ccc4cnc(F)cc4c3)s2)cc1.O=C(O)C(F)(F)F. The number of fused-ring (bicyclic) bond motifs is 1. The van der Waals surface area contributed by atoms with E-state index in [1.165, 1.54) is 47.9 Å². The Morgan fingerprint density at radius 1 is 1.03 bits per heavy atom. The van der Waals surface area contributed by atoms with Crippen LogP contribution in [0.25, 0.3) is 21.2 Å². The molecule has 14 heteroatoms. The second-order valence-electron chi connectivity index (χ2n) is 8.40. The second kappa shape index (κ2) is 12.0. The van der Waals surface area contributed by atoms with E-state index >= 15 is 0 Å². The van der Waals surface area contributed by atoms with Gasteiger partial charge in [-0.25, -0.2) is 23.5 Å². The van der Waals surface area contributed by atoms with Gasteiger partial charge in [0.25, 0.3) is 5.92 Å². The predicted molar refractivity (Wildman–Crippen MR) is 134 cm³/mol. The maximum atomic E-state index is 13.4. The van der Waals surface area contributed by atoms with Crippen LogP contribution in [-0.4, -0.2) is 44.9 Å². The molecule has 4 rings (SSSR count). The minimum Gasteiger partial charge on any atom is -0.475 e. The summed E-state index contributed by atoms with van der Waals surface area (Å²) in [5.41, 5.74) is 7.33. The summed E-state index contributed by atoms with van der Waals surface area (Å²) < 4.78 is 71.9. The number of rotatable bonds is 7. The lowest BCUT2D eigenvalue weighted by atomic mass is 10.00. The van der Waals surface area contributed by atoms with E-state index in [0.717, 1.165) is 28.1 Å². The number of nitrogens with one attached hydrogen (secondary N) is 1. The molecule has 7 nitrogen and oxygen atoms in total. The summed E-state index contributed by atoms with van der Waals surface area (Å²) in [6.07, 6.45) is -2.91. The Balaban J connectivity index is 0.000000532. The summed E-state index contributed by atoms with van der Waals surface area (Å²) in [5.74, 6) is -6.23. The number of carboxylic acids is 1. The molecule has 2 aromatic heterocycles. The van der Waals surface area contributed by atoms with E-state index in [1.54, 1.807) is 6.20 Å². The number of thiazole rings is 1. The highest BCUT2D eigenvalue weighted by atomic mass is 32.1. The van der Waals surface area contributed by atoms with Crippen molar-refractivity contribution in [2.24, 2.45) is 5.73 Å². The monoisotopic (exact) mass is 572 g/mol. The fourth-order valence-corrected chi connectivity index (χ4v) is 4.11. The van der Waals surface area contributed by atoms with E-state index < -0.39 is 36.2 Å². The highest BCUT2D eigenvalue weighted by Crippen LogP contribution is 2.32. The molecule has 39 heavy (non-hydrogen) atoms. The molecule has 208 valence electrons. The number of nitrogens with two attached hydrogens (primary N) is 1. The molecule has 4 aromatic rings. The van der Waals surface area contributed by atoms with Crippen molar-refractivity contribution in [3.63, 3.8) is 0 Å². The van der Waals surface area contributed by atoms with Gasteiger partial charge in [-0.3, -0.25) is 0 Å². The molecule has 0 saturated heterocycles. The zero-order valence-corrected chi connectivity index (χ0v) is 20.9. The molecule has 2 heterocycles. The third-order valence-corrected chi connectivity index (χ3v) is 6.38. The van der Waals surface area contributed by atoms with E-state index in [1.807, 2.05) is 18.2 Å². The first-order valence-electron chi connectivity index (χ1n) is 11.1. The third kappa shape index (κ3) is 8.12. The van der Waals surface area contributed by atoms with Crippen molar-refractivity contribution >= 4 is 33.2 Å². The maximum Gasteiger partial charge on any atom is 0.490 e. The lowest BCUT2D eigenvalue weighted by Gasteiger charge is -2.20. The van der Waals surface area contributed by atoms with Crippen LogP contribution in [0.5, 0.6) is 0 Å². The fourth-order valence-electron chi connectivity index (χ4n) is 3.29. The van der Waals surface area contributed by atoms with Crippen LogP contribution in [0.15, 0.2) is 60.9 Å². The minimum atomic E-state index is -5.08. The molecular formula is C25H22F6N4O3S. The summed E-state index contributed by atoms with van der Waals surface area (Å²) in [5, 5.41) is 22.9. The average molecular weight is 573 g/mol. The van der Waals surface area contributed by atoms with Gasteiger partial charge in [0, 0.05) is 42.9 Å². The Bertz CT molecular complexity index is 1420. The lowest BCUT2D eigenvalue weighted by Crippen LogP contribution is -2.35. The molecule has 0 aliphatic carbocycles. The molecule has 0 fully saturated rings. The molecule has 2 atom stereocenters. The van der Waals surface area contributed by atoms with Crippen molar-refractivity contribution in [1.29, 1.82) is 0 Å². The number of anilines is 1. The van der Waals surface area contributed by atoms with Crippen molar-refractivity contribution < 1.29 is 41.4 Å². The van der Waals surface area contributed by atoms with Crippen LogP contribution in [0.1, 0.15) is 24.2 Å². The molecular weight excluding hydrogens is 550 g/mol. The largest absolute Gasteiger partial charge is 0.490 e. The molecule has 2 aromatic carbocycles. The number of hydrogen-bond acceptors (Lipinski definition) is 7. The number of benzene rings is 2. The topological polar surface area (TPSA) is 121 Å². The van der Waals surface area contributed by atoms with Crippen molar-refractivity contribution in [3.05, 3.63) is 78.0 Å². The number of aliphatic hydroxyl groups excluding tert-OH is 1. The third-order valence-electron chi connectivity index (χ3n) is 5.37. The van der Waals surface area contributed by atoms with Gasteiger partial charge in [-0.1, -0.05) is 47.7 Å². The summed E-state index contributed by atoms with van der Waals surface area (Å²) >= 11 is 1.40. The first-order valence-corrected chi connectivity index (χ1v) is 11.9. The zero-order chi connectivity index (χ0) is 29.0. The molecule has 0 aliphatic rings. The van der Waals surface area contributed by atoms with Crippen LogP contribution in [0.2, 0.25) is 0 Å². The highest BCUT2D eigenvalue weighted by molar-refractivity contribution is 7.18. The minimum absolute atomic E-state index is 0.122. The zero-order valence-electron chi connectivity index (χ0n) is 20.1. The second-order valence-corrected chi connectivity index (χ2v) is 9.43. The number of aliphatic hydroxyl groups is 1. The van der Waals surface area contributed by atoms with Crippen LogP contribution in [0, 0.1) is 5.95 Å². The summed E-state index contributed by atoms with van der Waals surface area (Å²) in [4.78, 5) is 17.8. The Morgan fingerprint density at radius 3 is 2.26 bits per heavy atom. The smallest absolute Gasteiger partial charge is 0.475 e. The molecule has 0 amide bonds. The van der Waals surface area contributed by atoms with Gasteiger partial charge in [0.05, 0.1) is 17.0 Å². The van der Waals surface area contributed by atoms with E-state index in [9.17, 15) is 31.4 Å². The van der Waals surface area contributed by atoms with Crippen LogP contribution < -0.4 is 11.1 Å².